The molecule has 32 heavy (non-hydrogen) atoms. The highest BCUT2D eigenvalue weighted by Crippen LogP contribution is 2.58. The number of aliphatic hydroxyl groups excluding tert-OH is 1. The summed E-state index contributed by atoms with van der Waals surface area (Å²) in [6.45, 7) is 14.7. The molecule has 3 rings (SSSR count). The van der Waals surface area contributed by atoms with Crippen LogP contribution in [0.25, 0.3) is 0 Å². The largest absolute Gasteiger partial charge is 0.459 e. The Hall–Kier alpha value is -1.48. The summed E-state index contributed by atoms with van der Waals surface area (Å²) >= 11 is 0. The predicted octanol–water partition coefficient (Wildman–Crippen LogP) is 3.26. The monoisotopic (exact) mass is 454 g/mol. The molecule has 1 aliphatic carbocycles. The van der Waals surface area contributed by atoms with E-state index in [-0.39, 0.29) is 23.7 Å². The Balaban J connectivity index is 2.17. The molecule has 0 aromatic heterocycles. The minimum Gasteiger partial charge on any atom is -0.459 e. The van der Waals surface area contributed by atoms with Gasteiger partial charge >= 0.3 is 11.9 Å². The van der Waals surface area contributed by atoms with Crippen LogP contribution in [0.1, 0.15) is 67.2 Å². The highest BCUT2D eigenvalue weighted by Gasteiger charge is 2.66. The number of carbonyl (C=O) groups is 2. The summed E-state index contributed by atoms with van der Waals surface area (Å²) in [4.78, 5) is 28.9. The molecule has 0 spiro atoms. The standard InChI is InChI=1S/C24H38O8/c1-12(2)19-16(27)11-24(7,31-15(5)26)21-18-10-13(3)17(32-28)8-9-23(6,30-14(4)25)22(29-18)20(19)21/h12,16-22,27-28H,3,8-11H2,1-2,4-7H3. The summed E-state index contributed by atoms with van der Waals surface area (Å²) in [6, 6.07) is 0. The van der Waals surface area contributed by atoms with Crippen molar-refractivity contribution in [3.05, 3.63) is 12.2 Å². The smallest absolute Gasteiger partial charge is 0.303 e. The average Bonchev–Trinajstić information content (AvgIpc) is 3.01. The first-order valence-corrected chi connectivity index (χ1v) is 11.5. The van der Waals surface area contributed by atoms with Crippen molar-refractivity contribution in [1.82, 2.24) is 0 Å². The lowest BCUT2D eigenvalue weighted by atomic mass is 9.56. The molecule has 0 amide bonds. The zero-order chi connectivity index (χ0) is 24.0. The van der Waals surface area contributed by atoms with Crippen molar-refractivity contribution in [2.45, 2.75) is 103 Å². The lowest BCUT2D eigenvalue weighted by Crippen LogP contribution is -2.60. The molecule has 8 heteroatoms. The first kappa shape index (κ1) is 25.1. The van der Waals surface area contributed by atoms with Crippen molar-refractivity contribution in [3.8, 4) is 0 Å². The van der Waals surface area contributed by atoms with Gasteiger partial charge in [-0.2, -0.15) is 0 Å². The maximum atomic E-state index is 12.1. The van der Waals surface area contributed by atoms with Gasteiger partial charge in [-0.25, -0.2) is 4.89 Å². The third-order valence-electron chi connectivity index (χ3n) is 7.77. The van der Waals surface area contributed by atoms with E-state index >= 15 is 0 Å². The fraction of sp³-hybridized carbons (Fsp3) is 0.833. The lowest BCUT2D eigenvalue weighted by molar-refractivity contribution is -0.272. The van der Waals surface area contributed by atoms with Crippen LogP contribution in [0.2, 0.25) is 0 Å². The van der Waals surface area contributed by atoms with Gasteiger partial charge in [0.2, 0.25) is 0 Å². The minimum absolute atomic E-state index is 0.130. The molecule has 2 saturated heterocycles. The molecule has 9 unspecified atom stereocenters. The molecule has 2 bridgehead atoms. The van der Waals surface area contributed by atoms with Crippen LogP contribution in [0.3, 0.4) is 0 Å². The molecule has 2 N–H and O–H groups in total. The Kier molecular flexibility index (Phi) is 7.11. The minimum atomic E-state index is -1.02. The summed E-state index contributed by atoms with van der Waals surface area (Å²) in [7, 11) is 0. The van der Waals surface area contributed by atoms with Gasteiger partial charge in [-0.05, 0) is 50.5 Å². The number of carbonyl (C=O) groups excluding carboxylic acids is 2. The van der Waals surface area contributed by atoms with Gasteiger partial charge in [0.1, 0.15) is 23.4 Å². The van der Waals surface area contributed by atoms with Gasteiger partial charge in [-0.15, -0.1) is 0 Å². The van der Waals surface area contributed by atoms with Gasteiger partial charge in [0.15, 0.2) is 0 Å². The van der Waals surface area contributed by atoms with Crippen molar-refractivity contribution in [1.29, 1.82) is 0 Å². The van der Waals surface area contributed by atoms with E-state index in [1.54, 1.807) is 0 Å². The molecule has 0 aromatic carbocycles. The molecular weight excluding hydrogens is 416 g/mol. The fourth-order valence-corrected chi connectivity index (χ4v) is 6.76. The van der Waals surface area contributed by atoms with Gasteiger partial charge in [-0.3, -0.25) is 14.8 Å². The van der Waals surface area contributed by atoms with E-state index < -0.39 is 47.6 Å². The molecule has 9 atom stereocenters. The van der Waals surface area contributed by atoms with Gasteiger partial charge in [0.05, 0.1) is 12.2 Å². The first-order valence-electron chi connectivity index (χ1n) is 11.5. The summed E-state index contributed by atoms with van der Waals surface area (Å²) in [6.07, 6.45) is -0.781. The van der Waals surface area contributed by atoms with Gasteiger partial charge in [0.25, 0.3) is 0 Å². The van der Waals surface area contributed by atoms with Crippen molar-refractivity contribution in [3.63, 3.8) is 0 Å². The van der Waals surface area contributed by atoms with E-state index in [9.17, 15) is 20.0 Å². The highest BCUT2D eigenvalue weighted by molar-refractivity contribution is 5.67. The number of aliphatic hydroxyl groups is 1. The molecule has 1 saturated carbocycles. The number of ether oxygens (including phenoxy) is 3. The molecule has 2 heterocycles. The van der Waals surface area contributed by atoms with Crippen LogP contribution in [-0.4, -0.2) is 57.9 Å². The maximum absolute atomic E-state index is 12.1. The molecule has 8 nitrogen and oxygen atoms in total. The van der Waals surface area contributed by atoms with Crippen LogP contribution in [0.4, 0.5) is 0 Å². The predicted molar refractivity (Wildman–Crippen MR) is 115 cm³/mol. The van der Waals surface area contributed by atoms with Gasteiger partial charge in [0, 0.05) is 32.1 Å². The number of fused-ring (bicyclic) bond motifs is 5. The fourth-order valence-electron chi connectivity index (χ4n) is 6.76. The third kappa shape index (κ3) is 4.47. The second-order valence-electron chi connectivity index (χ2n) is 10.6. The normalized spacial score (nSPS) is 44.3. The Morgan fingerprint density at radius 2 is 1.75 bits per heavy atom. The number of hydrogen-bond donors (Lipinski definition) is 2. The molecule has 3 aliphatic rings. The summed E-state index contributed by atoms with van der Waals surface area (Å²) in [5.41, 5.74) is -1.32. The third-order valence-corrected chi connectivity index (χ3v) is 7.77. The number of esters is 2. The van der Waals surface area contributed by atoms with Crippen LogP contribution < -0.4 is 0 Å². The van der Waals surface area contributed by atoms with Crippen molar-refractivity contribution in [2.24, 2.45) is 23.7 Å². The number of hydrogen-bond acceptors (Lipinski definition) is 8. The molecule has 182 valence electrons. The average molecular weight is 455 g/mol. The Labute approximate surface area is 190 Å². The van der Waals surface area contributed by atoms with E-state index in [1.165, 1.54) is 13.8 Å². The molecular formula is C24H38O8. The molecule has 3 fully saturated rings. The lowest BCUT2D eigenvalue weighted by Gasteiger charge is -2.52. The summed E-state index contributed by atoms with van der Waals surface area (Å²) in [5.74, 6) is -1.32. The zero-order valence-corrected chi connectivity index (χ0v) is 20.0. The van der Waals surface area contributed by atoms with Crippen LogP contribution >= 0.6 is 0 Å². The molecule has 0 aromatic rings. The van der Waals surface area contributed by atoms with Crippen LogP contribution in [0.5, 0.6) is 0 Å². The highest BCUT2D eigenvalue weighted by atomic mass is 17.1. The van der Waals surface area contributed by atoms with E-state index in [4.69, 9.17) is 19.1 Å². The Bertz CT molecular complexity index is 750. The molecule has 2 aliphatic heterocycles. The topological polar surface area (TPSA) is 112 Å². The van der Waals surface area contributed by atoms with Crippen molar-refractivity contribution >= 4 is 11.9 Å². The number of rotatable bonds is 4. The van der Waals surface area contributed by atoms with E-state index in [0.717, 1.165) is 0 Å². The summed E-state index contributed by atoms with van der Waals surface area (Å²) < 4.78 is 18.4. The van der Waals surface area contributed by atoms with Gasteiger partial charge < -0.3 is 19.3 Å². The second-order valence-corrected chi connectivity index (χ2v) is 10.6. The summed E-state index contributed by atoms with van der Waals surface area (Å²) in [5, 5.41) is 20.7. The van der Waals surface area contributed by atoms with E-state index in [1.807, 2.05) is 13.8 Å². The van der Waals surface area contributed by atoms with E-state index in [0.29, 0.717) is 31.3 Å². The maximum Gasteiger partial charge on any atom is 0.303 e. The van der Waals surface area contributed by atoms with E-state index in [2.05, 4.69) is 20.4 Å². The zero-order valence-electron chi connectivity index (χ0n) is 20.0. The van der Waals surface area contributed by atoms with Crippen LogP contribution in [0.15, 0.2) is 12.2 Å². The quantitative estimate of drug-likeness (QED) is 0.288. The van der Waals surface area contributed by atoms with Crippen molar-refractivity contribution < 1.29 is 39.1 Å². The second kappa shape index (κ2) is 9.05. The SMILES string of the molecule is C=C1CC2OC(C3C(C(C)C)C(O)CC(C)(OC(C)=O)C23)C(C)(OC(C)=O)CCC1OO. The first-order chi connectivity index (χ1) is 14.8. The van der Waals surface area contributed by atoms with Crippen molar-refractivity contribution in [2.75, 3.05) is 0 Å². The van der Waals surface area contributed by atoms with Gasteiger partial charge in [-0.1, -0.05) is 20.4 Å². The Morgan fingerprint density at radius 1 is 1.16 bits per heavy atom. The van der Waals surface area contributed by atoms with Crippen LogP contribution in [0, 0.1) is 23.7 Å². The molecule has 0 radical (unpaired) electrons. The van der Waals surface area contributed by atoms with Crippen LogP contribution in [-0.2, 0) is 28.7 Å². The Morgan fingerprint density at radius 3 is 2.28 bits per heavy atom.